The van der Waals surface area contributed by atoms with Crippen molar-refractivity contribution in [3.63, 3.8) is 0 Å². The van der Waals surface area contributed by atoms with Gasteiger partial charge < -0.3 is 10.1 Å². The maximum Gasteiger partial charge on any atom is 0.331 e. The smallest absolute Gasteiger partial charge is 0.331 e. The maximum atomic E-state index is 12.2. The van der Waals surface area contributed by atoms with Crippen LogP contribution in [-0.2, 0) is 14.3 Å². The number of amides is 1. The zero-order valence-electron chi connectivity index (χ0n) is 15.2. The lowest BCUT2D eigenvalue weighted by molar-refractivity contribution is -0.144. The summed E-state index contributed by atoms with van der Waals surface area (Å²) in [6.07, 6.45) is 3.80. The highest BCUT2D eigenvalue weighted by Crippen LogP contribution is 2.20. The number of rotatable bonds is 8. The summed E-state index contributed by atoms with van der Waals surface area (Å²) in [7, 11) is 0. The fourth-order valence-electron chi connectivity index (χ4n) is 2.58. The van der Waals surface area contributed by atoms with Gasteiger partial charge in [-0.2, -0.15) is 0 Å². The summed E-state index contributed by atoms with van der Waals surface area (Å²) in [4.78, 5) is 23.9. The molecular weight excluding hydrogens is 326 g/mol. The Bertz CT molecular complexity index is 724. The first-order valence-corrected chi connectivity index (χ1v) is 8.79. The van der Waals surface area contributed by atoms with Crippen LogP contribution in [0.3, 0.4) is 0 Å². The van der Waals surface area contributed by atoms with Gasteiger partial charge in [0.05, 0.1) is 6.04 Å². The van der Waals surface area contributed by atoms with E-state index in [1.807, 2.05) is 60.7 Å². The van der Waals surface area contributed by atoms with Crippen LogP contribution >= 0.6 is 0 Å². The van der Waals surface area contributed by atoms with Gasteiger partial charge in [-0.3, -0.25) is 4.79 Å². The van der Waals surface area contributed by atoms with Crippen molar-refractivity contribution in [1.82, 2.24) is 5.32 Å². The van der Waals surface area contributed by atoms with Crippen LogP contribution in [0.25, 0.3) is 6.08 Å². The molecule has 0 aromatic heterocycles. The van der Waals surface area contributed by atoms with Crippen molar-refractivity contribution in [2.24, 2.45) is 5.92 Å². The van der Waals surface area contributed by atoms with Crippen molar-refractivity contribution < 1.29 is 14.3 Å². The topological polar surface area (TPSA) is 55.4 Å². The van der Waals surface area contributed by atoms with E-state index in [1.54, 1.807) is 6.08 Å². The van der Waals surface area contributed by atoms with E-state index in [2.05, 4.69) is 19.2 Å². The van der Waals surface area contributed by atoms with Crippen molar-refractivity contribution in [1.29, 1.82) is 0 Å². The van der Waals surface area contributed by atoms with Crippen LogP contribution in [0, 0.1) is 5.92 Å². The molecule has 0 spiro atoms. The normalized spacial score (nSPS) is 12.1. The van der Waals surface area contributed by atoms with E-state index in [0.29, 0.717) is 5.92 Å². The minimum atomic E-state index is -0.538. The van der Waals surface area contributed by atoms with Gasteiger partial charge in [0.1, 0.15) is 0 Å². The first-order chi connectivity index (χ1) is 12.5. The SMILES string of the molecule is CC(C)C[C@@H](NC(=O)COC(=O)/C=C/c1ccccc1)c1ccccc1. The lowest BCUT2D eigenvalue weighted by Crippen LogP contribution is -2.33. The van der Waals surface area contributed by atoms with Gasteiger partial charge in [-0.05, 0) is 29.5 Å². The first kappa shape index (κ1) is 19.4. The molecule has 0 unspecified atom stereocenters. The quantitative estimate of drug-likeness (QED) is 0.574. The van der Waals surface area contributed by atoms with E-state index < -0.39 is 5.97 Å². The Morgan fingerprint density at radius 3 is 2.23 bits per heavy atom. The van der Waals surface area contributed by atoms with E-state index in [9.17, 15) is 9.59 Å². The molecule has 0 fully saturated rings. The number of benzene rings is 2. The molecule has 26 heavy (non-hydrogen) atoms. The third-order valence-corrected chi connectivity index (χ3v) is 3.80. The molecule has 0 bridgehead atoms. The molecular formula is C22H25NO3. The van der Waals surface area contributed by atoms with Gasteiger partial charge in [-0.15, -0.1) is 0 Å². The van der Waals surface area contributed by atoms with Crippen LogP contribution in [0.2, 0.25) is 0 Å². The van der Waals surface area contributed by atoms with Gasteiger partial charge in [0.25, 0.3) is 5.91 Å². The summed E-state index contributed by atoms with van der Waals surface area (Å²) in [6, 6.07) is 19.2. The van der Waals surface area contributed by atoms with Crippen LogP contribution in [0.5, 0.6) is 0 Å². The third kappa shape index (κ3) is 6.93. The van der Waals surface area contributed by atoms with Crippen molar-refractivity contribution in [2.75, 3.05) is 6.61 Å². The predicted octanol–water partition coefficient (Wildman–Crippen LogP) is 4.15. The number of hydrogen-bond acceptors (Lipinski definition) is 3. The molecule has 0 saturated heterocycles. The molecule has 0 saturated carbocycles. The molecule has 1 atom stereocenters. The van der Waals surface area contributed by atoms with E-state index >= 15 is 0 Å². The van der Waals surface area contributed by atoms with Crippen LogP contribution in [-0.4, -0.2) is 18.5 Å². The largest absolute Gasteiger partial charge is 0.452 e. The molecule has 1 amide bonds. The van der Waals surface area contributed by atoms with E-state index in [4.69, 9.17) is 4.74 Å². The van der Waals surface area contributed by atoms with Gasteiger partial charge in [0.2, 0.25) is 0 Å². The third-order valence-electron chi connectivity index (χ3n) is 3.80. The predicted molar refractivity (Wildman–Crippen MR) is 103 cm³/mol. The Kier molecular flexibility index (Phi) is 7.62. The standard InChI is InChI=1S/C22H25NO3/c1-17(2)15-20(19-11-7-4-8-12-19)23-21(24)16-26-22(25)14-13-18-9-5-3-6-10-18/h3-14,17,20H,15-16H2,1-2H3,(H,23,24)/b14-13+/t20-/m1/s1. The molecule has 0 aliphatic carbocycles. The molecule has 2 rings (SSSR count). The number of ether oxygens (including phenoxy) is 1. The maximum absolute atomic E-state index is 12.2. The highest BCUT2D eigenvalue weighted by molar-refractivity contribution is 5.89. The number of carbonyl (C=O) groups excluding carboxylic acids is 2. The van der Waals surface area contributed by atoms with Gasteiger partial charge in [0.15, 0.2) is 6.61 Å². The monoisotopic (exact) mass is 351 g/mol. The average Bonchev–Trinajstić information content (AvgIpc) is 2.65. The van der Waals surface area contributed by atoms with Crippen molar-refractivity contribution in [2.45, 2.75) is 26.3 Å². The Hall–Kier alpha value is -2.88. The van der Waals surface area contributed by atoms with Gasteiger partial charge in [-0.1, -0.05) is 74.5 Å². The summed E-state index contributed by atoms with van der Waals surface area (Å²) in [5.74, 6) is -0.415. The molecule has 4 heteroatoms. The highest BCUT2D eigenvalue weighted by Gasteiger charge is 2.16. The average molecular weight is 351 g/mol. The number of carbonyl (C=O) groups is 2. The van der Waals surface area contributed by atoms with Crippen molar-refractivity contribution >= 4 is 18.0 Å². The first-order valence-electron chi connectivity index (χ1n) is 8.79. The minimum Gasteiger partial charge on any atom is -0.452 e. The minimum absolute atomic E-state index is 0.0951. The molecule has 1 N–H and O–H groups in total. The van der Waals surface area contributed by atoms with Crippen molar-refractivity contribution in [3.05, 3.63) is 77.9 Å². The van der Waals surface area contributed by atoms with Gasteiger partial charge in [0, 0.05) is 6.08 Å². The molecule has 0 heterocycles. The zero-order chi connectivity index (χ0) is 18.8. The lowest BCUT2D eigenvalue weighted by atomic mass is 9.97. The molecule has 0 radical (unpaired) electrons. The summed E-state index contributed by atoms with van der Waals surface area (Å²) in [6.45, 7) is 3.92. The molecule has 0 aliphatic rings. The molecule has 0 aliphatic heterocycles. The fourth-order valence-corrected chi connectivity index (χ4v) is 2.58. The Morgan fingerprint density at radius 2 is 1.62 bits per heavy atom. The van der Waals surface area contributed by atoms with E-state index in [0.717, 1.165) is 17.5 Å². The Morgan fingerprint density at radius 1 is 1.00 bits per heavy atom. The summed E-state index contributed by atoms with van der Waals surface area (Å²) in [5.41, 5.74) is 1.94. The second-order valence-corrected chi connectivity index (χ2v) is 6.51. The molecule has 136 valence electrons. The zero-order valence-corrected chi connectivity index (χ0v) is 15.2. The van der Waals surface area contributed by atoms with Crippen LogP contribution in [0.1, 0.15) is 37.4 Å². The summed E-state index contributed by atoms with van der Waals surface area (Å²) in [5, 5.41) is 2.95. The second kappa shape index (κ2) is 10.2. The van der Waals surface area contributed by atoms with Crippen molar-refractivity contribution in [3.8, 4) is 0 Å². The van der Waals surface area contributed by atoms with E-state index in [-0.39, 0.29) is 18.6 Å². The second-order valence-electron chi connectivity index (χ2n) is 6.51. The number of esters is 1. The van der Waals surface area contributed by atoms with E-state index in [1.165, 1.54) is 6.08 Å². The lowest BCUT2D eigenvalue weighted by Gasteiger charge is -2.21. The van der Waals surface area contributed by atoms with Crippen LogP contribution in [0.4, 0.5) is 0 Å². The molecule has 2 aromatic rings. The Labute approximate surface area is 154 Å². The van der Waals surface area contributed by atoms with Crippen LogP contribution < -0.4 is 5.32 Å². The Balaban J connectivity index is 1.85. The molecule has 2 aromatic carbocycles. The number of nitrogens with one attached hydrogen (secondary N) is 1. The summed E-state index contributed by atoms with van der Waals surface area (Å²) < 4.78 is 5.03. The summed E-state index contributed by atoms with van der Waals surface area (Å²) >= 11 is 0. The molecule has 4 nitrogen and oxygen atoms in total. The van der Waals surface area contributed by atoms with Gasteiger partial charge >= 0.3 is 5.97 Å². The van der Waals surface area contributed by atoms with Gasteiger partial charge in [-0.25, -0.2) is 4.79 Å². The fraction of sp³-hybridized carbons (Fsp3) is 0.273. The van der Waals surface area contributed by atoms with Crippen LogP contribution in [0.15, 0.2) is 66.7 Å². The highest BCUT2D eigenvalue weighted by atomic mass is 16.5. The number of hydrogen-bond donors (Lipinski definition) is 1.